The van der Waals surface area contributed by atoms with E-state index in [0.29, 0.717) is 5.92 Å². The van der Waals surface area contributed by atoms with Crippen LogP contribution >= 0.6 is 23.4 Å². The summed E-state index contributed by atoms with van der Waals surface area (Å²) in [4.78, 5) is 1.47. The van der Waals surface area contributed by atoms with E-state index in [9.17, 15) is 0 Å². The summed E-state index contributed by atoms with van der Waals surface area (Å²) in [6.07, 6.45) is 3.68. The highest BCUT2D eigenvalue weighted by atomic mass is 35.5. The van der Waals surface area contributed by atoms with Gasteiger partial charge in [0.05, 0.1) is 0 Å². The highest BCUT2D eigenvalue weighted by Crippen LogP contribution is 2.38. The van der Waals surface area contributed by atoms with Crippen molar-refractivity contribution >= 4 is 23.4 Å². The number of hydrogen-bond acceptors (Lipinski definition) is 2. The zero-order valence-electron chi connectivity index (χ0n) is 11.7. The quantitative estimate of drug-likeness (QED) is 0.709. The van der Waals surface area contributed by atoms with E-state index in [1.165, 1.54) is 29.1 Å². The Hall–Kier alpha value is -0.180. The van der Waals surface area contributed by atoms with Gasteiger partial charge in [-0.3, -0.25) is 0 Å². The molecule has 0 aliphatic carbocycles. The lowest BCUT2D eigenvalue weighted by Crippen LogP contribution is -2.27. The molecule has 2 rings (SSSR count). The molecule has 1 aromatic carbocycles. The lowest BCUT2D eigenvalue weighted by molar-refractivity contribution is 0.425. The smallest absolute Gasteiger partial charge is 0.0226 e. The Morgan fingerprint density at radius 2 is 2.21 bits per heavy atom. The minimum Gasteiger partial charge on any atom is -0.316 e. The first kappa shape index (κ1) is 15.2. The lowest BCUT2D eigenvalue weighted by Gasteiger charge is -2.18. The molecule has 0 spiro atoms. The molecule has 0 fully saturated rings. The van der Waals surface area contributed by atoms with Gasteiger partial charge in [0.25, 0.3) is 0 Å². The van der Waals surface area contributed by atoms with Crippen LogP contribution in [0, 0.1) is 5.92 Å². The maximum Gasteiger partial charge on any atom is 0.0226 e. The maximum absolute atomic E-state index is 5.87. The third-order valence-corrected chi connectivity index (χ3v) is 5.31. The standard InChI is InChI=1S/C16H24ClNS/c1-2-5-13(8-9-17)10-18-11-14-12-19-16-7-4-3-6-15(14)16/h3-4,6-7,13-14,18H,2,5,8-12H2,1H3. The molecule has 3 heteroatoms. The van der Waals surface area contributed by atoms with Gasteiger partial charge < -0.3 is 5.32 Å². The molecule has 106 valence electrons. The normalized spacial score (nSPS) is 19.4. The molecule has 0 bridgehead atoms. The Bertz CT molecular complexity index is 377. The molecule has 1 aliphatic heterocycles. The minimum absolute atomic E-state index is 0.680. The minimum atomic E-state index is 0.680. The molecule has 1 aromatic rings. The summed E-state index contributed by atoms with van der Waals surface area (Å²) >= 11 is 7.87. The molecule has 19 heavy (non-hydrogen) atoms. The van der Waals surface area contributed by atoms with Gasteiger partial charge in [-0.1, -0.05) is 31.5 Å². The second-order valence-corrected chi connectivity index (χ2v) is 6.78. The molecule has 0 saturated heterocycles. The molecular formula is C16H24ClNS. The fourth-order valence-electron chi connectivity index (χ4n) is 2.77. The zero-order valence-corrected chi connectivity index (χ0v) is 13.3. The summed E-state index contributed by atoms with van der Waals surface area (Å²) in [5.41, 5.74) is 1.53. The molecule has 0 amide bonds. The molecule has 2 unspecified atom stereocenters. The number of halogens is 1. The van der Waals surface area contributed by atoms with Gasteiger partial charge in [-0.2, -0.15) is 0 Å². The third-order valence-electron chi connectivity index (χ3n) is 3.84. The summed E-state index contributed by atoms with van der Waals surface area (Å²) in [5, 5.41) is 3.67. The number of nitrogens with one attached hydrogen (secondary N) is 1. The fraction of sp³-hybridized carbons (Fsp3) is 0.625. The Kier molecular flexibility index (Phi) is 6.55. The first-order valence-corrected chi connectivity index (χ1v) is 8.85. The van der Waals surface area contributed by atoms with Crippen LogP contribution in [-0.4, -0.2) is 24.7 Å². The van der Waals surface area contributed by atoms with E-state index in [1.807, 2.05) is 11.8 Å². The van der Waals surface area contributed by atoms with Crippen LogP contribution in [0.2, 0.25) is 0 Å². The van der Waals surface area contributed by atoms with Crippen molar-refractivity contribution in [2.75, 3.05) is 24.7 Å². The van der Waals surface area contributed by atoms with Gasteiger partial charge in [0.15, 0.2) is 0 Å². The summed E-state index contributed by atoms with van der Waals surface area (Å²) in [5.74, 6) is 3.43. The number of rotatable bonds is 8. The van der Waals surface area contributed by atoms with Crippen LogP contribution in [0.4, 0.5) is 0 Å². The maximum atomic E-state index is 5.87. The van der Waals surface area contributed by atoms with Gasteiger partial charge in [-0.15, -0.1) is 23.4 Å². The molecule has 1 aliphatic rings. The molecule has 1 N–H and O–H groups in total. The van der Waals surface area contributed by atoms with Crippen LogP contribution in [0.5, 0.6) is 0 Å². The number of alkyl halides is 1. The van der Waals surface area contributed by atoms with E-state index in [1.54, 1.807) is 0 Å². The van der Waals surface area contributed by atoms with E-state index in [2.05, 4.69) is 36.5 Å². The van der Waals surface area contributed by atoms with Crippen LogP contribution in [0.1, 0.15) is 37.7 Å². The molecule has 2 atom stereocenters. The largest absolute Gasteiger partial charge is 0.316 e. The topological polar surface area (TPSA) is 12.0 Å². The van der Waals surface area contributed by atoms with Crippen molar-refractivity contribution in [1.29, 1.82) is 0 Å². The molecule has 1 heterocycles. The number of thioether (sulfide) groups is 1. The van der Waals surface area contributed by atoms with Crippen molar-refractivity contribution in [2.45, 2.75) is 37.0 Å². The van der Waals surface area contributed by atoms with Crippen LogP contribution in [0.15, 0.2) is 29.2 Å². The van der Waals surface area contributed by atoms with Crippen molar-refractivity contribution in [1.82, 2.24) is 5.32 Å². The molecule has 0 aromatic heterocycles. The van der Waals surface area contributed by atoms with Crippen molar-refractivity contribution in [2.24, 2.45) is 5.92 Å². The molecule has 0 saturated carbocycles. The monoisotopic (exact) mass is 297 g/mol. The highest BCUT2D eigenvalue weighted by Gasteiger charge is 2.22. The molecular weight excluding hydrogens is 274 g/mol. The average molecular weight is 298 g/mol. The fourth-order valence-corrected chi connectivity index (χ4v) is 4.33. The van der Waals surface area contributed by atoms with Crippen molar-refractivity contribution in [3.63, 3.8) is 0 Å². The molecule has 0 radical (unpaired) electrons. The lowest BCUT2D eigenvalue weighted by atomic mass is 9.99. The SMILES string of the molecule is CCCC(CCCl)CNCC1CSc2ccccc21. The predicted molar refractivity (Wildman–Crippen MR) is 86.5 cm³/mol. The first-order chi connectivity index (χ1) is 9.35. The number of fused-ring (bicyclic) bond motifs is 1. The number of hydrogen-bond donors (Lipinski definition) is 1. The average Bonchev–Trinajstić information content (AvgIpc) is 2.83. The van der Waals surface area contributed by atoms with Crippen LogP contribution in [0.3, 0.4) is 0 Å². The predicted octanol–water partition coefficient (Wildman–Crippen LogP) is 4.51. The van der Waals surface area contributed by atoms with Crippen molar-refractivity contribution in [3.8, 4) is 0 Å². The van der Waals surface area contributed by atoms with Crippen LogP contribution < -0.4 is 5.32 Å². The van der Waals surface area contributed by atoms with E-state index in [4.69, 9.17) is 11.6 Å². The Balaban J connectivity index is 1.77. The van der Waals surface area contributed by atoms with Crippen LogP contribution in [0.25, 0.3) is 0 Å². The van der Waals surface area contributed by atoms with Crippen LogP contribution in [-0.2, 0) is 0 Å². The summed E-state index contributed by atoms with van der Waals surface area (Å²) in [7, 11) is 0. The van der Waals surface area contributed by atoms with Gasteiger partial charge in [0.1, 0.15) is 0 Å². The second kappa shape index (κ2) is 8.18. The highest BCUT2D eigenvalue weighted by molar-refractivity contribution is 7.99. The first-order valence-electron chi connectivity index (χ1n) is 7.33. The van der Waals surface area contributed by atoms with Gasteiger partial charge in [-0.25, -0.2) is 0 Å². The number of benzene rings is 1. The van der Waals surface area contributed by atoms with E-state index < -0.39 is 0 Å². The van der Waals surface area contributed by atoms with E-state index >= 15 is 0 Å². The van der Waals surface area contributed by atoms with Gasteiger partial charge in [0.2, 0.25) is 0 Å². The van der Waals surface area contributed by atoms with E-state index in [-0.39, 0.29) is 0 Å². The second-order valence-electron chi connectivity index (χ2n) is 5.34. The summed E-state index contributed by atoms with van der Waals surface area (Å²) in [6.45, 7) is 4.47. The Morgan fingerprint density at radius 3 is 3.00 bits per heavy atom. The summed E-state index contributed by atoms with van der Waals surface area (Å²) in [6, 6.07) is 8.82. The summed E-state index contributed by atoms with van der Waals surface area (Å²) < 4.78 is 0. The zero-order chi connectivity index (χ0) is 13.5. The van der Waals surface area contributed by atoms with Gasteiger partial charge in [0, 0.05) is 29.0 Å². The van der Waals surface area contributed by atoms with Gasteiger partial charge >= 0.3 is 0 Å². The van der Waals surface area contributed by atoms with Crippen molar-refractivity contribution < 1.29 is 0 Å². The Morgan fingerprint density at radius 1 is 1.37 bits per heavy atom. The van der Waals surface area contributed by atoms with E-state index in [0.717, 1.165) is 31.3 Å². The Labute approximate surface area is 126 Å². The molecule has 1 nitrogen and oxygen atoms in total. The van der Waals surface area contributed by atoms with Crippen molar-refractivity contribution in [3.05, 3.63) is 29.8 Å². The third kappa shape index (κ3) is 4.40. The van der Waals surface area contributed by atoms with Gasteiger partial charge in [-0.05, 0) is 36.9 Å².